The lowest BCUT2D eigenvalue weighted by Crippen LogP contribution is -2.31. The van der Waals surface area contributed by atoms with Crippen molar-refractivity contribution in [2.24, 2.45) is 0 Å². The van der Waals surface area contributed by atoms with E-state index in [1.807, 2.05) is 36.4 Å². The van der Waals surface area contributed by atoms with Gasteiger partial charge in [0.05, 0.1) is 11.8 Å². The highest BCUT2D eigenvalue weighted by Crippen LogP contribution is 2.39. The minimum absolute atomic E-state index is 0.0124. The van der Waals surface area contributed by atoms with E-state index in [1.54, 1.807) is 0 Å². The van der Waals surface area contributed by atoms with Gasteiger partial charge in [0.2, 0.25) is 5.91 Å². The van der Waals surface area contributed by atoms with Crippen molar-refractivity contribution in [2.75, 3.05) is 5.75 Å². The van der Waals surface area contributed by atoms with E-state index in [4.69, 9.17) is 0 Å². The highest BCUT2D eigenvalue weighted by atomic mass is 32.2. The van der Waals surface area contributed by atoms with Crippen molar-refractivity contribution in [3.05, 3.63) is 77.6 Å². The summed E-state index contributed by atoms with van der Waals surface area (Å²) < 4.78 is 2.15. The third-order valence-corrected chi connectivity index (χ3v) is 6.12. The monoisotopic (exact) mass is 406 g/mol. The molecule has 29 heavy (non-hydrogen) atoms. The summed E-state index contributed by atoms with van der Waals surface area (Å²) in [5, 5.41) is 12.7. The lowest BCUT2D eigenvalue weighted by atomic mass is 9.99. The van der Waals surface area contributed by atoms with E-state index < -0.39 is 0 Å². The molecule has 0 aliphatic heterocycles. The summed E-state index contributed by atoms with van der Waals surface area (Å²) >= 11 is 1.47. The molecule has 1 aromatic heterocycles. The lowest BCUT2D eigenvalue weighted by molar-refractivity contribution is -0.119. The van der Waals surface area contributed by atoms with Gasteiger partial charge in [0.25, 0.3) is 0 Å². The molecule has 1 heterocycles. The first-order valence-electron chi connectivity index (χ1n) is 10.2. The van der Waals surface area contributed by atoms with Crippen LogP contribution in [0.4, 0.5) is 0 Å². The number of carbonyl (C=O) groups excluding carboxylic acids is 1. The Morgan fingerprint density at radius 1 is 1.10 bits per heavy atom. The number of carbonyl (C=O) groups is 1. The molecule has 0 bridgehead atoms. The number of amides is 1. The van der Waals surface area contributed by atoms with Gasteiger partial charge in [-0.05, 0) is 37.3 Å². The smallest absolute Gasteiger partial charge is 0.230 e. The number of hydrogen-bond donors (Lipinski definition) is 1. The van der Waals surface area contributed by atoms with Gasteiger partial charge in [0, 0.05) is 12.5 Å². The van der Waals surface area contributed by atoms with Crippen molar-refractivity contribution < 1.29 is 4.79 Å². The van der Waals surface area contributed by atoms with Gasteiger partial charge >= 0.3 is 0 Å². The Morgan fingerprint density at radius 3 is 2.45 bits per heavy atom. The summed E-state index contributed by atoms with van der Waals surface area (Å²) in [7, 11) is 0. The van der Waals surface area contributed by atoms with Crippen LogP contribution in [0.2, 0.25) is 0 Å². The molecule has 150 valence electrons. The Morgan fingerprint density at radius 2 is 1.79 bits per heavy atom. The molecule has 1 atom stereocenters. The zero-order chi connectivity index (χ0) is 20.1. The number of rotatable bonds is 9. The summed E-state index contributed by atoms with van der Waals surface area (Å²) in [6, 6.07) is 20.4. The Bertz CT molecular complexity index is 938. The zero-order valence-corrected chi connectivity index (χ0v) is 17.4. The van der Waals surface area contributed by atoms with Crippen LogP contribution in [-0.2, 0) is 17.8 Å². The van der Waals surface area contributed by atoms with Gasteiger partial charge < -0.3 is 9.88 Å². The number of nitrogens with zero attached hydrogens (tertiary/aromatic N) is 3. The molecule has 0 spiro atoms. The van der Waals surface area contributed by atoms with E-state index >= 15 is 0 Å². The van der Waals surface area contributed by atoms with Crippen LogP contribution < -0.4 is 5.32 Å². The molecular formula is C23H26N4OS. The molecule has 5 nitrogen and oxygen atoms in total. The summed E-state index contributed by atoms with van der Waals surface area (Å²) in [4.78, 5) is 12.8. The van der Waals surface area contributed by atoms with E-state index in [0.717, 1.165) is 29.5 Å². The minimum atomic E-state index is -0.0576. The Hall–Kier alpha value is -2.60. The summed E-state index contributed by atoms with van der Waals surface area (Å²) in [6.07, 6.45) is 3.15. The first-order valence-corrected chi connectivity index (χ1v) is 11.2. The Balaban J connectivity index is 1.41. The number of nitrogens with one attached hydrogen (secondary N) is 1. The Kier molecular flexibility index (Phi) is 6.30. The largest absolute Gasteiger partial charge is 0.348 e. The molecule has 1 saturated carbocycles. The predicted octanol–water partition coefficient (Wildman–Crippen LogP) is 4.37. The molecular weight excluding hydrogens is 380 g/mol. The van der Waals surface area contributed by atoms with Gasteiger partial charge in [-0.15, -0.1) is 10.2 Å². The second-order valence-electron chi connectivity index (χ2n) is 7.37. The molecule has 3 aromatic rings. The van der Waals surface area contributed by atoms with Crippen molar-refractivity contribution in [1.29, 1.82) is 0 Å². The number of thioether (sulfide) groups is 1. The average molecular weight is 407 g/mol. The third-order valence-electron chi connectivity index (χ3n) is 5.16. The molecule has 4 rings (SSSR count). The van der Waals surface area contributed by atoms with E-state index in [1.165, 1.54) is 30.2 Å². The van der Waals surface area contributed by atoms with Crippen LogP contribution in [0.3, 0.4) is 0 Å². The SMILES string of the molecule is CCn1c(SCC(=O)N[C@@H](Cc2ccccc2)c2ccccc2)nnc1C1CC1. The Labute approximate surface area is 175 Å². The number of benzene rings is 2. The third kappa shape index (κ3) is 5.07. The molecule has 0 radical (unpaired) electrons. The number of hydrogen-bond acceptors (Lipinski definition) is 4. The fourth-order valence-electron chi connectivity index (χ4n) is 3.50. The van der Waals surface area contributed by atoms with Crippen molar-refractivity contribution in [3.63, 3.8) is 0 Å². The van der Waals surface area contributed by atoms with Gasteiger partial charge in [-0.25, -0.2) is 0 Å². The molecule has 2 aromatic carbocycles. The van der Waals surface area contributed by atoms with Gasteiger partial charge in [-0.3, -0.25) is 4.79 Å². The summed E-state index contributed by atoms with van der Waals surface area (Å²) in [5.41, 5.74) is 2.32. The van der Waals surface area contributed by atoms with Gasteiger partial charge in [0.15, 0.2) is 5.16 Å². The maximum Gasteiger partial charge on any atom is 0.230 e. The van der Waals surface area contributed by atoms with Crippen LogP contribution in [0.5, 0.6) is 0 Å². The quantitative estimate of drug-likeness (QED) is 0.536. The summed E-state index contributed by atoms with van der Waals surface area (Å²) in [6.45, 7) is 2.94. The van der Waals surface area contributed by atoms with E-state index in [-0.39, 0.29) is 11.9 Å². The van der Waals surface area contributed by atoms with Crippen LogP contribution in [0.25, 0.3) is 0 Å². The fourth-order valence-corrected chi connectivity index (χ4v) is 4.32. The van der Waals surface area contributed by atoms with E-state index in [0.29, 0.717) is 11.7 Å². The van der Waals surface area contributed by atoms with Crippen LogP contribution in [-0.4, -0.2) is 26.4 Å². The van der Waals surface area contributed by atoms with Crippen molar-refractivity contribution in [1.82, 2.24) is 20.1 Å². The lowest BCUT2D eigenvalue weighted by Gasteiger charge is -2.19. The summed E-state index contributed by atoms with van der Waals surface area (Å²) in [5.74, 6) is 1.97. The minimum Gasteiger partial charge on any atom is -0.348 e. The molecule has 6 heteroatoms. The van der Waals surface area contributed by atoms with Gasteiger partial charge in [0.1, 0.15) is 5.82 Å². The fraction of sp³-hybridized carbons (Fsp3) is 0.348. The maximum absolute atomic E-state index is 12.8. The standard InChI is InChI=1S/C23H26N4OS/c1-2-27-22(19-13-14-19)25-26-23(27)29-16-21(28)24-20(18-11-7-4-8-12-18)15-17-9-5-3-6-10-17/h3-12,19-20H,2,13-16H2,1H3,(H,24,28)/t20-/m0/s1. The molecule has 1 fully saturated rings. The highest BCUT2D eigenvalue weighted by molar-refractivity contribution is 7.99. The average Bonchev–Trinajstić information content (AvgIpc) is 3.52. The molecule has 0 unspecified atom stereocenters. The zero-order valence-electron chi connectivity index (χ0n) is 16.6. The normalized spacial score (nSPS) is 14.5. The van der Waals surface area contributed by atoms with Crippen LogP contribution in [0, 0.1) is 0 Å². The first-order chi connectivity index (χ1) is 14.2. The van der Waals surface area contributed by atoms with E-state index in [2.05, 4.69) is 51.3 Å². The molecule has 1 aliphatic carbocycles. The molecule has 0 saturated heterocycles. The van der Waals surface area contributed by atoms with Crippen molar-refractivity contribution in [3.8, 4) is 0 Å². The van der Waals surface area contributed by atoms with Crippen molar-refractivity contribution in [2.45, 2.75) is 49.8 Å². The van der Waals surface area contributed by atoms with Crippen LogP contribution >= 0.6 is 11.8 Å². The second-order valence-corrected chi connectivity index (χ2v) is 8.31. The van der Waals surface area contributed by atoms with Gasteiger partial charge in [-0.2, -0.15) is 0 Å². The molecule has 1 aliphatic rings. The maximum atomic E-state index is 12.8. The van der Waals surface area contributed by atoms with Crippen molar-refractivity contribution >= 4 is 17.7 Å². The van der Waals surface area contributed by atoms with Gasteiger partial charge in [-0.1, -0.05) is 72.4 Å². The van der Waals surface area contributed by atoms with E-state index in [9.17, 15) is 4.79 Å². The van der Waals surface area contributed by atoms with Crippen LogP contribution in [0.1, 0.15) is 48.7 Å². The topological polar surface area (TPSA) is 59.8 Å². The second kappa shape index (κ2) is 9.27. The predicted molar refractivity (Wildman–Crippen MR) is 116 cm³/mol. The first kappa shape index (κ1) is 19.7. The molecule has 1 N–H and O–H groups in total. The number of aromatic nitrogens is 3. The van der Waals surface area contributed by atoms with Crippen LogP contribution in [0.15, 0.2) is 65.8 Å². The molecule has 1 amide bonds. The highest BCUT2D eigenvalue weighted by Gasteiger charge is 2.30.